The molecule has 3 heteroatoms. The number of hydrogen-bond acceptors (Lipinski definition) is 2. The summed E-state index contributed by atoms with van der Waals surface area (Å²) in [4.78, 5) is 22.2. The fraction of sp³-hybridized carbons (Fsp3) is 0.385. The van der Waals surface area contributed by atoms with Gasteiger partial charge in [0.15, 0.2) is 5.78 Å². The van der Waals surface area contributed by atoms with Crippen molar-refractivity contribution >= 4 is 11.7 Å². The molecule has 0 bridgehead atoms. The molecule has 0 fully saturated rings. The fourth-order valence-electron chi connectivity index (χ4n) is 1.53. The molecule has 0 aromatic heterocycles. The maximum absolute atomic E-state index is 11.6. The zero-order valence-electron chi connectivity index (χ0n) is 9.53. The van der Waals surface area contributed by atoms with Gasteiger partial charge in [0, 0.05) is 18.4 Å². The molecule has 1 aromatic rings. The molecule has 1 aromatic carbocycles. The first kappa shape index (κ1) is 12.4. The number of amides is 1. The fourth-order valence-corrected chi connectivity index (χ4v) is 1.53. The predicted octanol–water partition coefficient (Wildman–Crippen LogP) is 2.09. The highest BCUT2D eigenvalue weighted by Crippen LogP contribution is 2.09. The number of carbonyl (C=O) groups is 2. The summed E-state index contributed by atoms with van der Waals surface area (Å²) >= 11 is 0. The maximum atomic E-state index is 11.6. The number of benzene rings is 1. The molecule has 2 N–H and O–H groups in total. The third kappa shape index (κ3) is 3.85. The number of Topliss-reactive ketones (excluding diaryl/α,β-unsaturated/α-hetero) is 1. The Morgan fingerprint density at radius 3 is 2.25 bits per heavy atom. The number of aryl methyl sites for hydroxylation is 1. The highest BCUT2D eigenvalue weighted by molar-refractivity contribution is 5.97. The van der Waals surface area contributed by atoms with Crippen LogP contribution in [-0.4, -0.2) is 11.7 Å². The minimum Gasteiger partial charge on any atom is -0.370 e. The normalized spacial score (nSPS) is 10.1. The Balaban J connectivity index is 2.59. The third-order valence-electron chi connectivity index (χ3n) is 2.41. The lowest BCUT2D eigenvalue weighted by Gasteiger charge is -2.02. The van der Waals surface area contributed by atoms with Gasteiger partial charge in [-0.05, 0) is 12.0 Å². The molecule has 1 rings (SSSR count). The van der Waals surface area contributed by atoms with E-state index in [0.29, 0.717) is 5.56 Å². The van der Waals surface area contributed by atoms with Gasteiger partial charge >= 0.3 is 0 Å². The van der Waals surface area contributed by atoms with E-state index in [-0.39, 0.29) is 18.6 Å². The van der Waals surface area contributed by atoms with E-state index in [2.05, 4.69) is 6.92 Å². The Hall–Kier alpha value is -1.64. The summed E-state index contributed by atoms with van der Waals surface area (Å²) < 4.78 is 0. The lowest BCUT2D eigenvalue weighted by atomic mass is 10.0. The monoisotopic (exact) mass is 219 g/mol. The van der Waals surface area contributed by atoms with Crippen LogP contribution in [0, 0.1) is 0 Å². The SMILES string of the molecule is CCCc1ccc(C(=O)CCC(N)=O)cc1. The molecule has 0 heterocycles. The van der Waals surface area contributed by atoms with Gasteiger partial charge in [0.25, 0.3) is 0 Å². The standard InChI is InChI=1S/C13H17NO2/c1-2-3-10-4-6-11(7-5-10)12(15)8-9-13(14)16/h4-7H,2-3,8-9H2,1H3,(H2,14,16). The molecule has 16 heavy (non-hydrogen) atoms. The minimum absolute atomic E-state index is 0.0261. The average Bonchev–Trinajstić information content (AvgIpc) is 2.27. The number of rotatable bonds is 6. The van der Waals surface area contributed by atoms with Gasteiger partial charge in [0.05, 0.1) is 0 Å². The van der Waals surface area contributed by atoms with Crippen molar-refractivity contribution in [3.8, 4) is 0 Å². The van der Waals surface area contributed by atoms with E-state index in [1.54, 1.807) is 0 Å². The second-order valence-corrected chi connectivity index (χ2v) is 3.84. The Labute approximate surface area is 95.6 Å². The number of nitrogens with two attached hydrogens (primary N) is 1. The first-order chi connectivity index (χ1) is 7.63. The first-order valence-corrected chi connectivity index (χ1v) is 5.54. The highest BCUT2D eigenvalue weighted by Gasteiger charge is 2.07. The molecule has 0 saturated heterocycles. The molecule has 3 nitrogen and oxygen atoms in total. The van der Waals surface area contributed by atoms with Crippen LogP contribution in [0.3, 0.4) is 0 Å². The van der Waals surface area contributed by atoms with Gasteiger partial charge in [-0.3, -0.25) is 9.59 Å². The van der Waals surface area contributed by atoms with Gasteiger partial charge < -0.3 is 5.73 Å². The molecule has 0 aliphatic heterocycles. The van der Waals surface area contributed by atoms with E-state index in [0.717, 1.165) is 12.8 Å². The van der Waals surface area contributed by atoms with Gasteiger partial charge in [0.2, 0.25) is 5.91 Å². The van der Waals surface area contributed by atoms with Crippen LogP contribution < -0.4 is 5.73 Å². The molecule has 1 amide bonds. The summed E-state index contributed by atoms with van der Waals surface area (Å²) in [5.41, 5.74) is 6.88. The van der Waals surface area contributed by atoms with Crippen molar-refractivity contribution in [2.45, 2.75) is 32.6 Å². The summed E-state index contributed by atoms with van der Waals surface area (Å²) in [5, 5.41) is 0. The largest absolute Gasteiger partial charge is 0.370 e. The lowest BCUT2D eigenvalue weighted by Crippen LogP contribution is -2.12. The van der Waals surface area contributed by atoms with Crippen LogP contribution in [0.2, 0.25) is 0 Å². The molecule has 0 atom stereocenters. The van der Waals surface area contributed by atoms with E-state index in [1.165, 1.54) is 5.56 Å². The van der Waals surface area contributed by atoms with Gasteiger partial charge in [-0.15, -0.1) is 0 Å². The third-order valence-corrected chi connectivity index (χ3v) is 2.41. The van der Waals surface area contributed by atoms with Gasteiger partial charge in [-0.25, -0.2) is 0 Å². The van der Waals surface area contributed by atoms with Crippen molar-refractivity contribution in [2.75, 3.05) is 0 Å². The van der Waals surface area contributed by atoms with Crippen LogP contribution in [0.4, 0.5) is 0 Å². The van der Waals surface area contributed by atoms with E-state index < -0.39 is 5.91 Å². The molecular weight excluding hydrogens is 202 g/mol. The van der Waals surface area contributed by atoms with Crippen LogP contribution in [0.1, 0.15) is 42.1 Å². The van der Waals surface area contributed by atoms with Crippen LogP contribution in [-0.2, 0) is 11.2 Å². The summed E-state index contributed by atoms with van der Waals surface area (Å²) in [7, 11) is 0. The summed E-state index contributed by atoms with van der Waals surface area (Å²) in [6.45, 7) is 2.12. The zero-order chi connectivity index (χ0) is 12.0. The van der Waals surface area contributed by atoms with Gasteiger partial charge in [-0.2, -0.15) is 0 Å². The number of ketones is 1. The lowest BCUT2D eigenvalue weighted by molar-refractivity contribution is -0.118. The second kappa shape index (κ2) is 6.05. The quantitative estimate of drug-likeness (QED) is 0.745. The van der Waals surface area contributed by atoms with Crippen LogP contribution in [0.25, 0.3) is 0 Å². The smallest absolute Gasteiger partial charge is 0.217 e. The van der Waals surface area contributed by atoms with Crippen molar-refractivity contribution in [2.24, 2.45) is 5.73 Å². The van der Waals surface area contributed by atoms with Crippen molar-refractivity contribution in [3.05, 3.63) is 35.4 Å². The molecule has 0 saturated carbocycles. The molecule has 86 valence electrons. The number of carbonyl (C=O) groups excluding carboxylic acids is 2. The summed E-state index contributed by atoms with van der Waals surface area (Å²) in [6, 6.07) is 7.55. The van der Waals surface area contributed by atoms with Gasteiger partial charge in [-0.1, -0.05) is 37.6 Å². The molecule has 0 spiro atoms. The van der Waals surface area contributed by atoms with Crippen molar-refractivity contribution in [3.63, 3.8) is 0 Å². The Kier molecular flexibility index (Phi) is 4.70. The van der Waals surface area contributed by atoms with Crippen molar-refractivity contribution in [1.29, 1.82) is 0 Å². The van der Waals surface area contributed by atoms with Crippen LogP contribution in [0.15, 0.2) is 24.3 Å². The summed E-state index contributed by atoms with van der Waals surface area (Å²) in [5.74, 6) is -0.460. The van der Waals surface area contributed by atoms with Crippen LogP contribution in [0.5, 0.6) is 0 Å². The van der Waals surface area contributed by atoms with Crippen molar-refractivity contribution < 1.29 is 9.59 Å². The van der Waals surface area contributed by atoms with E-state index >= 15 is 0 Å². The predicted molar refractivity (Wildman–Crippen MR) is 63.2 cm³/mol. The topological polar surface area (TPSA) is 60.2 Å². The molecule has 0 aliphatic rings. The number of primary amides is 1. The highest BCUT2D eigenvalue weighted by atomic mass is 16.1. The van der Waals surface area contributed by atoms with E-state index in [1.807, 2.05) is 24.3 Å². The molecular formula is C13H17NO2. The average molecular weight is 219 g/mol. The molecule has 0 unspecified atom stereocenters. The van der Waals surface area contributed by atoms with E-state index in [9.17, 15) is 9.59 Å². The summed E-state index contributed by atoms with van der Waals surface area (Å²) in [6.07, 6.45) is 2.43. The Bertz CT molecular complexity index is 368. The number of hydrogen-bond donors (Lipinski definition) is 1. The Morgan fingerprint density at radius 1 is 1.12 bits per heavy atom. The van der Waals surface area contributed by atoms with Crippen molar-refractivity contribution in [1.82, 2.24) is 0 Å². The minimum atomic E-state index is -0.434. The van der Waals surface area contributed by atoms with E-state index in [4.69, 9.17) is 5.73 Å². The second-order valence-electron chi connectivity index (χ2n) is 3.84. The van der Waals surface area contributed by atoms with Crippen LogP contribution >= 0.6 is 0 Å². The zero-order valence-corrected chi connectivity index (χ0v) is 9.53. The maximum Gasteiger partial charge on any atom is 0.217 e. The molecule has 0 radical (unpaired) electrons. The first-order valence-electron chi connectivity index (χ1n) is 5.54. The van der Waals surface area contributed by atoms with Gasteiger partial charge in [0.1, 0.15) is 0 Å². The molecule has 0 aliphatic carbocycles. The Morgan fingerprint density at radius 2 is 1.75 bits per heavy atom.